The van der Waals surface area contributed by atoms with Crippen LogP contribution in [0.3, 0.4) is 0 Å². The molecule has 2 nitrogen and oxygen atoms in total. The SMILES string of the molecule is [c]1ccc2c(c1)CCC(c1cccc3c1CCCO3)O2. The molecule has 0 bridgehead atoms. The summed E-state index contributed by atoms with van der Waals surface area (Å²) in [6.07, 6.45) is 4.44. The first-order chi connectivity index (χ1) is 9.92. The number of hydrogen-bond donors (Lipinski definition) is 0. The van der Waals surface area contributed by atoms with E-state index in [2.05, 4.69) is 24.3 Å². The maximum absolute atomic E-state index is 6.21. The van der Waals surface area contributed by atoms with Crippen molar-refractivity contribution in [3.8, 4) is 11.5 Å². The smallest absolute Gasteiger partial charge is 0.124 e. The van der Waals surface area contributed by atoms with Crippen LogP contribution in [0.1, 0.15) is 35.6 Å². The third-order valence-electron chi connectivity index (χ3n) is 4.19. The average molecular weight is 265 g/mol. The largest absolute Gasteiger partial charge is 0.493 e. The van der Waals surface area contributed by atoms with Gasteiger partial charge in [-0.3, -0.25) is 0 Å². The summed E-state index contributed by atoms with van der Waals surface area (Å²) in [5, 5.41) is 0. The Hall–Kier alpha value is -1.96. The van der Waals surface area contributed by atoms with E-state index in [-0.39, 0.29) is 6.10 Å². The fourth-order valence-electron chi connectivity index (χ4n) is 3.20. The second kappa shape index (κ2) is 4.86. The molecule has 0 aliphatic carbocycles. The number of ether oxygens (including phenoxy) is 2. The summed E-state index contributed by atoms with van der Waals surface area (Å²) < 4.78 is 12.0. The van der Waals surface area contributed by atoms with Crippen LogP contribution in [0, 0.1) is 6.07 Å². The molecular formula is C18H17O2. The molecule has 0 saturated carbocycles. The van der Waals surface area contributed by atoms with Gasteiger partial charge in [-0.2, -0.15) is 0 Å². The molecule has 4 rings (SSSR count). The van der Waals surface area contributed by atoms with Crippen LogP contribution in [-0.2, 0) is 12.8 Å². The fourth-order valence-corrected chi connectivity index (χ4v) is 3.20. The lowest BCUT2D eigenvalue weighted by atomic mass is 9.91. The first kappa shape index (κ1) is 11.8. The summed E-state index contributed by atoms with van der Waals surface area (Å²) in [7, 11) is 0. The lowest BCUT2D eigenvalue weighted by Crippen LogP contribution is -2.19. The minimum Gasteiger partial charge on any atom is -0.493 e. The van der Waals surface area contributed by atoms with Gasteiger partial charge in [-0.1, -0.05) is 18.2 Å². The monoisotopic (exact) mass is 265 g/mol. The van der Waals surface area contributed by atoms with E-state index in [1.165, 1.54) is 16.7 Å². The van der Waals surface area contributed by atoms with Crippen LogP contribution in [-0.4, -0.2) is 6.61 Å². The zero-order chi connectivity index (χ0) is 13.4. The number of rotatable bonds is 1. The lowest BCUT2D eigenvalue weighted by Gasteiger charge is -2.29. The molecule has 2 aliphatic heterocycles. The third-order valence-corrected chi connectivity index (χ3v) is 4.19. The molecule has 0 N–H and O–H groups in total. The van der Waals surface area contributed by atoms with Gasteiger partial charge in [-0.15, -0.1) is 0 Å². The molecule has 0 fully saturated rings. The Kier molecular flexibility index (Phi) is 2.87. The fraction of sp³-hybridized carbons (Fsp3) is 0.333. The quantitative estimate of drug-likeness (QED) is 0.779. The molecule has 0 aromatic heterocycles. The first-order valence-electron chi connectivity index (χ1n) is 7.32. The van der Waals surface area contributed by atoms with Crippen molar-refractivity contribution >= 4 is 0 Å². The van der Waals surface area contributed by atoms with Gasteiger partial charge in [0.2, 0.25) is 0 Å². The number of hydrogen-bond acceptors (Lipinski definition) is 2. The molecule has 1 radical (unpaired) electrons. The molecule has 2 aromatic rings. The van der Waals surface area contributed by atoms with Crippen LogP contribution in [0.5, 0.6) is 11.5 Å². The first-order valence-corrected chi connectivity index (χ1v) is 7.32. The van der Waals surface area contributed by atoms with Gasteiger partial charge < -0.3 is 9.47 Å². The van der Waals surface area contributed by atoms with Crippen molar-refractivity contribution < 1.29 is 9.47 Å². The van der Waals surface area contributed by atoms with Crippen LogP contribution in [0.25, 0.3) is 0 Å². The van der Waals surface area contributed by atoms with Crippen molar-refractivity contribution in [3.05, 3.63) is 59.2 Å². The van der Waals surface area contributed by atoms with E-state index in [0.29, 0.717) is 0 Å². The summed E-state index contributed by atoms with van der Waals surface area (Å²) in [6, 6.07) is 15.5. The maximum Gasteiger partial charge on any atom is 0.124 e. The molecule has 20 heavy (non-hydrogen) atoms. The normalized spacial score (nSPS) is 20.3. The number of benzene rings is 2. The molecule has 0 amide bonds. The average Bonchev–Trinajstić information content (AvgIpc) is 2.54. The van der Waals surface area contributed by atoms with E-state index in [1.54, 1.807) is 0 Å². The van der Waals surface area contributed by atoms with Crippen molar-refractivity contribution in [2.75, 3.05) is 6.61 Å². The van der Waals surface area contributed by atoms with Gasteiger partial charge >= 0.3 is 0 Å². The minimum absolute atomic E-state index is 0.154. The van der Waals surface area contributed by atoms with Gasteiger partial charge in [0.15, 0.2) is 0 Å². The molecule has 2 heteroatoms. The Bertz CT molecular complexity index is 633. The highest BCUT2D eigenvalue weighted by Gasteiger charge is 2.25. The second-order valence-electron chi connectivity index (χ2n) is 5.45. The highest BCUT2D eigenvalue weighted by molar-refractivity contribution is 5.44. The van der Waals surface area contributed by atoms with Crippen molar-refractivity contribution in [1.82, 2.24) is 0 Å². The molecule has 0 spiro atoms. The van der Waals surface area contributed by atoms with Crippen molar-refractivity contribution in [3.63, 3.8) is 0 Å². The van der Waals surface area contributed by atoms with Gasteiger partial charge in [0.05, 0.1) is 6.61 Å². The topological polar surface area (TPSA) is 18.5 Å². The molecule has 2 heterocycles. The molecule has 101 valence electrons. The van der Waals surface area contributed by atoms with E-state index in [9.17, 15) is 0 Å². The van der Waals surface area contributed by atoms with Crippen LogP contribution in [0.4, 0.5) is 0 Å². The van der Waals surface area contributed by atoms with E-state index in [0.717, 1.165) is 43.8 Å². The summed E-state index contributed by atoms with van der Waals surface area (Å²) >= 11 is 0. The van der Waals surface area contributed by atoms with E-state index >= 15 is 0 Å². The molecule has 1 atom stereocenters. The van der Waals surface area contributed by atoms with Crippen molar-refractivity contribution in [1.29, 1.82) is 0 Å². The molecule has 2 aromatic carbocycles. The van der Waals surface area contributed by atoms with Crippen molar-refractivity contribution in [2.24, 2.45) is 0 Å². The Labute approximate surface area is 119 Å². The molecule has 0 saturated heterocycles. The zero-order valence-electron chi connectivity index (χ0n) is 11.4. The van der Waals surface area contributed by atoms with Gasteiger partial charge in [-0.05, 0) is 61.1 Å². The third kappa shape index (κ3) is 1.96. The summed E-state index contributed by atoms with van der Waals surface area (Å²) in [5.74, 6) is 2.05. The highest BCUT2D eigenvalue weighted by atomic mass is 16.5. The number of fused-ring (bicyclic) bond motifs is 2. The van der Waals surface area contributed by atoms with Crippen LogP contribution in [0.2, 0.25) is 0 Å². The zero-order valence-corrected chi connectivity index (χ0v) is 11.4. The predicted molar refractivity (Wildman–Crippen MR) is 77.2 cm³/mol. The Balaban J connectivity index is 1.70. The summed E-state index contributed by atoms with van der Waals surface area (Å²) in [6.45, 7) is 0.834. The van der Waals surface area contributed by atoms with Crippen LogP contribution in [0.15, 0.2) is 36.4 Å². The summed E-state index contributed by atoms with van der Waals surface area (Å²) in [5.41, 5.74) is 3.92. The lowest BCUT2D eigenvalue weighted by molar-refractivity contribution is 0.173. The Morgan fingerprint density at radius 1 is 1.10 bits per heavy atom. The maximum atomic E-state index is 6.21. The van der Waals surface area contributed by atoms with Gasteiger partial charge in [0, 0.05) is 5.56 Å². The van der Waals surface area contributed by atoms with E-state index in [1.807, 2.05) is 18.2 Å². The van der Waals surface area contributed by atoms with Gasteiger partial charge in [0.1, 0.15) is 17.6 Å². The number of aryl methyl sites for hydroxylation is 1. The van der Waals surface area contributed by atoms with Crippen LogP contribution < -0.4 is 9.47 Å². The Morgan fingerprint density at radius 2 is 2.10 bits per heavy atom. The molecular weight excluding hydrogens is 248 g/mol. The highest BCUT2D eigenvalue weighted by Crippen LogP contribution is 2.39. The molecule has 1 unspecified atom stereocenters. The van der Waals surface area contributed by atoms with Gasteiger partial charge in [0.25, 0.3) is 0 Å². The standard InChI is InChI=1S/C18H17O2/c1-2-8-16-13(5-1)10-11-18(20-16)15-6-3-9-17-14(15)7-4-12-19-17/h2-3,5-6,8-9,18H,4,7,10-12H2. The summed E-state index contributed by atoms with van der Waals surface area (Å²) in [4.78, 5) is 0. The molecule has 2 aliphatic rings. The Morgan fingerprint density at radius 3 is 3.10 bits per heavy atom. The minimum atomic E-state index is 0.154. The predicted octanol–water partition coefficient (Wildman–Crippen LogP) is 3.88. The van der Waals surface area contributed by atoms with E-state index < -0.39 is 0 Å². The van der Waals surface area contributed by atoms with Gasteiger partial charge in [-0.25, -0.2) is 0 Å². The van der Waals surface area contributed by atoms with Crippen molar-refractivity contribution in [2.45, 2.75) is 31.8 Å². The second-order valence-corrected chi connectivity index (χ2v) is 5.45. The van der Waals surface area contributed by atoms with E-state index in [4.69, 9.17) is 9.47 Å². The van der Waals surface area contributed by atoms with Crippen LogP contribution >= 0.6 is 0 Å².